The summed E-state index contributed by atoms with van der Waals surface area (Å²) in [5, 5.41) is 3.33. The van der Waals surface area contributed by atoms with E-state index in [4.69, 9.17) is 0 Å². The van der Waals surface area contributed by atoms with Gasteiger partial charge in [0.2, 0.25) is 5.91 Å². The minimum Gasteiger partial charge on any atom is -0.353 e. The average molecular weight is 269 g/mol. The predicted molar refractivity (Wildman–Crippen MR) is 72.5 cm³/mol. The van der Waals surface area contributed by atoms with E-state index in [9.17, 15) is 9.59 Å². The highest BCUT2D eigenvalue weighted by atomic mass is 32.2. The molecule has 2 amide bonds. The molecule has 1 aliphatic heterocycles. The van der Waals surface area contributed by atoms with E-state index in [-0.39, 0.29) is 23.5 Å². The van der Waals surface area contributed by atoms with Crippen molar-refractivity contribution in [1.82, 2.24) is 10.2 Å². The summed E-state index contributed by atoms with van der Waals surface area (Å²) >= 11 is 1.42. The number of carbonyl (C=O) groups is 2. The van der Waals surface area contributed by atoms with Crippen LogP contribution in [0.15, 0.2) is 4.99 Å². The first-order chi connectivity index (χ1) is 8.63. The van der Waals surface area contributed by atoms with Gasteiger partial charge in [0, 0.05) is 25.6 Å². The van der Waals surface area contributed by atoms with Crippen molar-refractivity contribution >= 4 is 28.7 Å². The molecule has 1 aliphatic carbocycles. The molecule has 2 rings (SSSR count). The van der Waals surface area contributed by atoms with Gasteiger partial charge in [-0.1, -0.05) is 11.8 Å². The largest absolute Gasteiger partial charge is 0.353 e. The highest BCUT2D eigenvalue weighted by Gasteiger charge is 2.33. The molecule has 2 aliphatic rings. The van der Waals surface area contributed by atoms with Crippen LogP contribution in [0.5, 0.6) is 0 Å². The van der Waals surface area contributed by atoms with Gasteiger partial charge in [0.15, 0.2) is 5.17 Å². The van der Waals surface area contributed by atoms with E-state index < -0.39 is 0 Å². The number of rotatable bonds is 5. The van der Waals surface area contributed by atoms with Gasteiger partial charge in [-0.25, -0.2) is 0 Å². The predicted octanol–water partition coefficient (Wildman–Crippen LogP) is 0.995. The third-order valence-electron chi connectivity index (χ3n) is 3.08. The van der Waals surface area contributed by atoms with Gasteiger partial charge < -0.3 is 10.2 Å². The van der Waals surface area contributed by atoms with Crippen LogP contribution in [0.3, 0.4) is 0 Å². The molecule has 100 valence electrons. The molecular formula is C12H19N3O2S. The molecule has 1 saturated carbocycles. The first kappa shape index (κ1) is 13.4. The maximum absolute atomic E-state index is 11.7. The summed E-state index contributed by atoms with van der Waals surface area (Å²) in [6.45, 7) is 5.72. The molecule has 1 fully saturated rings. The Balaban J connectivity index is 1.85. The summed E-state index contributed by atoms with van der Waals surface area (Å²) in [7, 11) is 0. The summed E-state index contributed by atoms with van der Waals surface area (Å²) in [6.07, 6.45) is 2.38. The van der Waals surface area contributed by atoms with Crippen molar-refractivity contribution in [3.05, 3.63) is 0 Å². The van der Waals surface area contributed by atoms with Crippen molar-refractivity contribution < 1.29 is 9.59 Å². The molecule has 1 heterocycles. The fraction of sp³-hybridized carbons (Fsp3) is 0.750. The van der Waals surface area contributed by atoms with E-state index >= 15 is 0 Å². The second-order valence-corrected chi connectivity index (χ2v) is 5.73. The first-order valence-corrected chi connectivity index (χ1v) is 7.35. The molecule has 5 nitrogen and oxygen atoms in total. The molecule has 1 N–H and O–H groups in total. The van der Waals surface area contributed by atoms with Crippen LogP contribution in [0.1, 0.15) is 33.1 Å². The maximum Gasteiger partial charge on any atom is 0.262 e. The van der Waals surface area contributed by atoms with E-state index in [1.54, 1.807) is 0 Å². The summed E-state index contributed by atoms with van der Waals surface area (Å²) in [5.74, 6) is -0.202. The van der Waals surface area contributed by atoms with Gasteiger partial charge in [0.1, 0.15) is 5.25 Å². The Kier molecular flexibility index (Phi) is 4.27. The standard InChI is InChI=1S/C12H19N3O2S/c1-3-15(4-2)12-14-11(17)9(18-12)7-10(16)13-8-5-6-8/h8-9H,3-7H2,1-2H3,(H,13,16)/t9-/m1/s1. The number of thioether (sulfide) groups is 1. The second kappa shape index (κ2) is 5.73. The number of nitrogens with one attached hydrogen (secondary N) is 1. The molecule has 0 radical (unpaired) electrons. The smallest absolute Gasteiger partial charge is 0.262 e. The van der Waals surface area contributed by atoms with Gasteiger partial charge in [0.05, 0.1) is 0 Å². The number of nitrogens with zero attached hydrogens (tertiary/aromatic N) is 2. The Bertz CT molecular complexity index is 376. The topological polar surface area (TPSA) is 61.8 Å². The Labute approximate surface area is 111 Å². The van der Waals surface area contributed by atoms with Crippen molar-refractivity contribution in [3.63, 3.8) is 0 Å². The van der Waals surface area contributed by atoms with Crippen molar-refractivity contribution in [3.8, 4) is 0 Å². The third-order valence-corrected chi connectivity index (χ3v) is 4.29. The van der Waals surface area contributed by atoms with Gasteiger partial charge in [-0.3, -0.25) is 9.59 Å². The van der Waals surface area contributed by atoms with Gasteiger partial charge >= 0.3 is 0 Å². The van der Waals surface area contributed by atoms with E-state index in [1.165, 1.54) is 11.8 Å². The van der Waals surface area contributed by atoms with Crippen molar-refractivity contribution in [2.24, 2.45) is 4.99 Å². The zero-order valence-electron chi connectivity index (χ0n) is 10.8. The van der Waals surface area contributed by atoms with Crippen LogP contribution < -0.4 is 5.32 Å². The van der Waals surface area contributed by atoms with Gasteiger partial charge in [-0.05, 0) is 26.7 Å². The molecule has 0 aromatic rings. The molecule has 0 aromatic heterocycles. The molecule has 1 atom stereocenters. The Morgan fingerprint density at radius 3 is 2.67 bits per heavy atom. The van der Waals surface area contributed by atoms with Crippen molar-refractivity contribution in [1.29, 1.82) is 0 Å². The number of carbonyl (C=O) groups excluding carboxylic acids is 2. The number of amidine groups is 1. The van der Waals surface area contributed by atoms with Crippen LogP contribution >= 0.6 is 11.8 Å². The number of hydrogen-bond donors (Lipinski definition) is 1. The quantitative estimate of drug-likeness (QED) is 0.808. The second-order valence-electron chi connectivity index (χ2n) is 4.56. The van der Waals surface area contributed by atoms with Crippen LogP contribution in [0.4, 0.5) is 0 Å². The van der Waals surface area contributed by atoms with Crippen LogP contribution in [0.25, 0.3) is 0 Å². The van der Waals surface area contributed by atoms with E-state index in [0.29, 0.717) is 6.04 Å². The molecule has 0 aromatic carbocycles. The molecule has 6 heteroatoms. The van der Waals surface area contributed by atoms with E-state index in [2.05, 4.69) is 10.3 Å². The SMILES string of the molecule is CCN(CC)C1=NC(=O)[C@@H](CC(=O)NC2CC2)S1. The summed E-state index contributed by atoms with van der Waals surface area (Å²) in [6, 6.07) is 0.349. The lowest BCUT2D eigenvalue weighted by Crippen LogP contribution is -2.30. The van der Waals surface area contributed by atoms with E-state index in [1.807, 2.05) is 18.7 Å². The van der Waals surface area contributed by atoms with Crippen molar-refractivity contribution in [2.75, 3.05) is 13.1 Å². The Morgan fingerprint density at radius 1 is 1.44 bits per heavy atom. The minimum absolute atomic E-state index is 0.0284. The minimum atomic E-state index is -0.334. The van der Waals surface area contributed by atoms with Gasteiger partial charge in [-0.2, -0.15) is 4.99 Å². The van der Waals surface area contributed by atoms with Crippen molar-refractivity contribution in [2.45, 2.75) is 44.4 Å². The fourth-order valence-electron chi connectivity index (χ4n) is 1.82. The van der Waals surface area contributed by atoms with Gasteiger partial charge in [0.25, 0.3) is 5.91 Å². The lowest BCUT2D eigenvalue weighted by Gasteiger charge is -2.19. The van der Waals surface area contributed by atoms with Gasteiger partial charge in [-0.15, -0.1) is 0 Å². The Hall–Kier alpha value is -1.04. The molecule has 18 heavy (non-hydrogen) atoms. The molecular weight excluding hydrogens is 250 g/mol. The number of aliphatic imine (C=N–C) groups is 1. The van der Waals surface area contributed by atoms with Crippen LogP contribution in [0.2, 0.25) is 0 Å². The molecule has 0 spiro atoms. The fourth-order valence-corrected chi connectivity index (χ4v) is 3.01. The molecule has 0 bridgehead atoms. The normalized spacial score (nSPS) is 22.9. The number of amides is 2. The monoisotopic (exact) mass is 269 g/mol. The number of hydrogen-bond acceptors (Lipinski definition) is 4. The van der Waals surface area contributed by atoms with Crippen LogP contribution in [0, 0.1) is 0 Å². The lowest BCUT2D eigenvalue weighted by atomic mass is 10.3. The maximum atomic E-state index is 11.7. The summed E-state index contributed by atoms with van der Waals surface area (Å²) < 4.78 is 0. The molecule has 0 unspecified atom stereocenters. The van der Waals surface area contributed by atoms with E-state index in [0.717, 1.165) is 31.1 Å². The highest BCUT2D eigenvalue weighted by Crippen LogP contribution is 2.27. The zero-order valence-corrected chi connectivity index (χ0v) is 11.6. The van der Waals surface area contributed by atoms with Crippen LogP contribution in [-0.2, 0) is 9.59 Å². The first-order valence-electron chi connectivity index (χ1n) is 6.47. The highest BCUT2D eigenvalue weighted by molar-refractivity contribution is 8.15. The Morgan fingerprint density at radius 2 is 2.11 bits per heavy atom. The summed E-state index contributed by atoms with van der Waals surface area (Å²) in [5.41, 5.74) is 0. The van der Waals surface area contributed by atoms with Crippen LogP contribution in [-0.4, -0.2) is 46.3 Å². The summed E-state index contributed by atoms with van der Waals surface area (Å²) in [4.78, 5) is 29.5. The zero-order chi connectivity index (χ0) is 13.1. The lowest BCUT2D eigenvalue weighted by molar-refractivity contribution is -0.124. The molecule has 0 saturated heterocycles. The third kappa shape index (κ3) is 3.25. The average Bonchev–Trinajstić information content (AvgIpc) is 3.06.